The minimum Gasteiger partial charge on any atom is -0.358 e. The Morgan fingerprint density at radius 2 is 1.63 bits per heavy atom. The van der Waals surface area contributed by atoms with E-state index < -0.39 is 37.9 Å². The lowest BCUT2D eigenvalue weighted by atomic mass is 10.5. The van der Waals surface area contributed by atoms with E-state index in [4.69, 9.17) is 0 Å². The van der Waals surface area contributed by atoms with E-state index in [1.165, 1.54) is 0 Å². The monoisotopic (exact) mass is 271 g/mol. The summed E-state index contributed by atoms with van der Waals surface area (Å²) in [6.07, 6.45) is 0.602. The molecule has 0 aliphatic carbocycles. The molecule has 0 aliphatic rings. The maximum atomic E-state index is 10.6. The number of nitrogens with zero attached hydrogens (tertiary/aromatic N) is 7. The molecule has 2 rings (SSSR count). The summed E-state index contributed by atoms with van der Waals surface area (Å²) in [5.74, 6) is -2.57. The van der Waals surface area contributed by atoms with Crippen molar-refractivity contribution in [3.8, 4) is 5.82 Å². The van der Waals surface area contributed by atoms with Gasteiger partial charge in [0, 0.05) is 5.16 Å². The molecular formula is C5HN7O7. The van der Waals surface area contributed by atoms with Crippen molar-refractivity contribution in [3.63, 3.8) is 0 Å². The summed E-state index contributed by atoms with van der Waals surface area (Å²) in [5, 5.41) is 41.0. The fourth-order valence-electron chi connectivity index (χ4n) is 1.16. The fraction of sp³-hybridized carbons (Fsp3) is 0. The smallest absolute Gasteiger partial charge is 0.358 e. The first-order valence-electron chi connectivity index (χ1n) is 4.27. The highest BCUT2D eigenvalue weighted by molar-refractivity contribution is 5.48. The van der Waals surface area contributed by atoms with Crippen LogP contribution >= 0.6 is 0 Å². The third-order valence-corrected chi connectivity index (χ3v) is 1.89. The summed E-state index contributed by atoms with van der Waals surface area (Å²) in [5.41, 5.74) is -0.942. The van der Waals surface area contributed by atoms with Crippen LogP contribution < -0.4 is 0 Å². The molecule has 0 bridgehead atoms. The van der Waals surface area contributed by atoms with Crippen molar-refractivity contribution in [2.75, 3.05) is 0 Å². The molecule has 0 spiro atoms. The van der Waals surface area contributed by atoms with E-state index in [1.807, 2.05) is 0 Å². The van der Waals surface area contributed by atoms with Crippen molar-refractivity contribution in [2.45, 2.75) is 0 Å². The minimum absolute atomic E-state index is 0.477. The van der Waals surface area contributed by atoms with Crippen molar-refractivity contribution >= 4 is 17.3 Å². The highest BCUT2D eigenvalue weighted by Gasteiger charge is 2.35. The van der Waals surface area contributed by atoms with Gasteiger partial charge >= 0.3 is 23.1 Å². The summed E-state index contributed by atoms with van der Waals surface area (Å²) in [6.45, 7) is 0. The van der Waals surface area contributed by atoms with Crippen LogP contribution in [0.4, 0.5) is 17.3 Å². The summed E-state index contributed by atoms with van der Waals surface area (Å²) in [4.78, 5) is 28.6. The zero-order chi connectivity index (χ0) is 14.2. The number of nitro groups is 3. The predicted octanol–water partition coefficient (Wildman–Crippen LogP) is -0.0201. The Morgan fingerprint density at radius 3 is 2.11 bits per heavy atom. The molecule has 2 heterocycles. The van der Waals surface area contributed by atoms with Crippen molar-refractivity contribution in [3.05, 3.63) is 36.5 Å². The second-order valence-electron chi connectivity index (χ2n) is 2.97. The number of aromatic nitrogens is 4. The minimum atomic E-state index is -1.10. The third-order valence-electron chi connectivity index (χ3n) is 1.89. The van der Waals surface area contributed by atoms with E-state index in [-0.39, 0.29) is 0 Å². The van der Waals surface area contributed by atoms with Gasteiger partial charge in [0.05, 0.1) is 10.0 Å². The Hall–Kier alpha value is -3.45. The molecule has 0 saturated heterocycles. The van der Waals surface area contributed by atoms with Gasteiger partial charge in [-0.3, -0.25) is 10.1 Å². The number of hydrogen-bond donors (Lipinski definition) is 0. The lowest BCUT2D eigenvalue weighted by Crippen LogP contribution is -2.01. The maximum Gasteiger partial charge on any atom is 0.468 e. The van der Waals surface area contributed by atoms with E-state index in [9.17, 15) is 30.3 Å². The van der Waals surface area contributed by atoms with Crippen LogP contribution in [-0.4, -0.2) is 34.9 Å². The molecular weight excluding hydrogens is 270 g/mol. The molecule has 0 saturated carbocycles. The van der Waals surface area contributed by atoms with Crippen LogP contribution in [-0.2, 0) is 0 Å². The molecule has 0 unspecified atom stereocenters. The Labute approximate surface area is 100 Å². The molecule has 0 fully saturated rings. The standard InChI is InChI=1S/C5HN7O7/c13-10(14)2-1-9(6-3(2)11(15)16)4-5(12(17)18)8-19-7-4/h1H. The molecule has 19 heavy (non-hydrogen) atoms. The molecule has 2 aromatic heterocycles. The van der Waals surface area contributed by atoms with Crippen LogP contribution in [0, 0.1) is 30.3 Å². The molecule has 0 aromatic carbocycles. The highest BCUT2D eigenvalue weighted by Crippen LogP contribution is 2.27. The second kappa shape index (κ2) is 4.09. The Morgan fingerprint density at radius 1 is 1.00 bits per heavy atom. The van der Waals surface area contributed by atoms with Crippen LogP contribution in [0.5, 0.6) is 0 Å². The van der Waals surface area contributed by atoms with Gasteiger partial charge in [-0.05, 0) is 9.85 Å². The van der Waals surface area contributed by atoms with Crippen molar-refractivity contribution < 1.29 is 19.4 Å². The van der Waals surface area contributed by atoms with Crippen LogP contribution in [0.3, 0.4) is 0 Å². The first kappa shape index (κ1) is 12.0. The van der Waals surface area contributed by atoms with Crippen LogP contribution in [0.1, 0.15) is 0 Å². The van der Waals surface area contributed by atoms with Crippen molar-refractivity contribution in [1.82, 2.24) is 20.1 Å². The van der Waals surface area contributed by atoms with Crippen molar-refractivity contribution in [2.24, 2.45) is 0 Å². The third kappa shape index (κ3) is 1.92. The summed E-state index contributed by atoms with van der Waals surface area (Å²) in [6, 6.07) is 0. The SMILES string of the molecule is O=[N+]([O-])c1cn(-c2nonc2[N+](=O)[O-])nc1[N+](=O)[O-]. The van der Waals surface area contributed by atoms with Gasteiger partial charge in [0.2, 0.25) is 0 Å². The average Bonchev–Trinajstić information content (AvgIpc) is 2.95. The molecule has 2 aromatic rings. The van der Waals surface area contributed by atoms with E-state index >= 15 is 0 Å². The van der Waals surface area contributed by atoms with Gasteiger partial charge in [0.1, 0.15) is 6.20 Å². The van der Waals surface area contributed by atoms with Gasteiger partial charge < -0.3 is 20.2 Å². The Balaban J connectivity index is 2.61. The molecule has 14 nitrogen and oxygen atoms in total. The molecule has 98 valence electrons. The predicted molar refractivity (Wildman–Crippen MR) is 51.4 cm³/mol. The van der Waals surface area contributed by atoms with Gasteiger partial charge in [-0.25, -0.2) is 0 Å². The first-order valence-corrected chi connectivity index (χ1v) is 4.27. The van der Waals surface area contributed by atoms with Gasteiger partial charge in [-0.1, -0.05) is 0 Å². The van der Waals surface area contributed by atoms with Gasteiger partial charge in [-0.2, -0.15) is 0 Å². The lowest BCUT2D eigenvalue weighted by molar-refractivity contribution is -0.424. The number of rotatable bonds is 4. The molecule has 0 aliphatic heterocycles. The zero-order valence-electron chi connectivity index (χ0n) is 8.57. The normalized spacial score (nSPS) is 10.3. The van der Waals surface area contributed by atoms with Gasteiger partial charge in [0.15, 0.2) is 5.16 Å². The molecule has 14 heteroatoms. The lowest BCUT2D eigenvalue weighted by Gasteiger charge is -1.87. The van der Waals surface area contributed by atoms with Crippen LogP contribution in [0.25, 0.3) is 5.82 Å². The number of hydrogen-bond acceptors (Lipinski definition) is 10. The van der Waals surface area contributed by atoms with Crippen LogP contribution in [0.15, 0.2) is 10.8 Å². The molecule has 0 N–H and O–H groups in total. The van der Waals surface area contributed by atoms with Gasteiger partial charge in [-0.15, -0.1) is 9.31 Å². The topological polar surface area (TPSA) is 186 Å². The molecule has 0 radical (unpaired) electrons. The Bertz CT molecular complexity index is 654. The summed E-state index contributed by atoms with van der Waals surface area (Å²) < 4.78 is 4.57. The van der Waals surface area contributed by atoms with Crippen molar-refractivity contribution in [1.29, 1.82) is 0 Å². The average molecular weight is 271 g/mol. The fourth-order valence-corrected chi connectivity index (χ4v) is 1.16. The molecule has 0 atom stereocenters. The van der Waals surface area contributed by atoms with E-state index in [2.05, 4.69) is 20.0 Å². The van der Waals surface area contributed by atoms with E-state index in [0.717, 1.165) is 0 Å². The summed E-state index contributed by atoms with van der Waals surface area (Å²) >= 11 is 0. The highest BCUT2D eigenvalue weighted by atomic mass is 16.6. The first-order chi connectivity index (χ1) is 8.91. The second-order valence-corrected chi connectivity index (χ2v) is 2.97. The Kier molecular flexibility index (Phi) is 2.59. The van der Waals surface area contributed by atoms with Gasteiger partial charge in [0.25, 0.3) is 0 Å². The zero-order valence-corrected chi connectivity index (χ0v) is 8.57. The van der Waals surface area contributed by atoms with E-state index in [1.54, 1.807) is 0 Å². The largest absolute Gasteiger partial charge is 0.468 e. The van der Waals surface area contributed by atoms with Crippen LogP contribution in [0.2, 0.25) is 0 Å². The van der Waals surface area contributed by atoms with E-state index in [0.29, 0.717) is 10.9 Å². The summed E-state index contributed by atoms with van der Waals surface area (Å²) in [7, 11) is 0. The molecule has 0 amide bonds. The maximum absolute atomic E-state index is 10.6. The quantitative estimate of drug-likeness (QED) is 0.539.